The van der Waals surface area contributed by atoms with Gasteiger partial charge in [0.2, 0.25) is 0 Å². The molecule has 20 N–H and O–H groups in total. The molecule has 0 amide bonds. The Morgan fingerprint density at radius 2 is 0.696 bits per heavy atom. The van der Waals surface area contributed by atoms with Crippen LogP contribution >= 0.6 is 0 Å². The third kappa shape index (κ3) is 11.3. The van der Waals surface area contributed by atoms with E-state index in [2.05, 4.69) is 102 Å². The van der Waals surface area contributed by atoms with E-state index in [9.17, 15) is 0 Å². The molecule has 0 aliphatic heterocycles. The maximum absolute atomic E-state index is 5.67. The van der Waals surface area contributed by atoms with Crippen LogP contribution in [0.1, 0.15) is 28.7 Å². The lowest BCUT2D eigenvalue weighted by Gasteiger charge is -2.12. The Morgan fingerprint density at radius 3 is 1.02 bits per heavy atom. The number of aromatic nitrogens is 1. The molecule has 0 atom stereocenters. The van der Waals surface area contributed by atoms with Gasteiger partial charge in [0.1, 0.15) is 0 Å². The minimum atomic E-state index is 0.0641. The minimum absolute atomic E-state index is 0.0641. The summed E-state index contributed by atoms with van der Waals surface area (Å²) in [7, 11) is 0. The molecule has 0 saturated carbocycles. The summed E-state index contributed by atoms with van der Waals surface area (Å²) in [6.07, 6.45) is 3.41. The van der Waals surface area contributed by atoms with Crippen LogP contribution in [0, 0.1) is 0 Å². The smallest absolute Gasteiger partial charge is 0.185 e. The van der Waals surface area contributed by atoms with Crippen LogP contribution in [0.5, 0.6) is 0 Å². The maximum Gasteiger partial charge on any atom is 0.185 e. The second-order valence-electron chi connectivity index (χ2n) is 13.6. The average molecular weight is 759 g/mol. The Labute approximate surface area is 326 Å². The zero-order valence-corrected chi connectivity index (χ0v) is 31.7. The Bertz CT molecular complexity index is 2070. The summed E-state index contributed by atoms with van der Waals surface area (Å²) in [4.78, 5) is 21.0. The number of benzene rings is 4. The van der Waals surface area contributed by atoms with Crippen LogP contribution in [0.2, 0.25) is 0 Å². The number of hydrogen-bond acceptors (Lipinski definition) is 5. The van der Waals surface area contributed by atoms with Gasteiger partial charge < -0.3 is 61.9 Å². The third-order valence-electron chi connectivity index (χ3n) is 9.25. The van der Waals surface area contributed by atoms with Gasteiger partial charge in [0, 0.05) is 61.1 Å². The average Bonchev–Trinajstić information content (AvgIpc) is 3.44. The van der Waals surface area contributed by atoms with Crippen molar-refractivity contribution in [2.24, 2.45) is 82.3 Å². The second kappa shape index (κ2) is 18.9. The van der Waals surface area contributed by atoms with Gasteiger partial charge in [-0.15, -0.1) is 0 Å². The van der Waals surface area contributed by atoms with E-state index in [1.165, 1.54) is 0 Å². The number of nitrogens with two attached hydrogens (primary N) is 10. The van der Waals surface area contributed by atoms with E-state index in [4.69, 9.17) is 57.3 Å². The number of rotatable bonds is 18. The Balaban J connectivity index is 1.62. The van der Waals surface area contributed by atoms with Crippen molar-refractivity contribution < 1.29 is 0 Å². The molecule has 0 aliphatic carbocycles. The van der Waals surface area contributed by atoms with E-state index < -0.39 is 0 Å². The van der Waals surface area contributed by atoms with Crippen LogP contribution in [0.4, 0.5) is 0 Å². The van der Waals surface area contributed by atoms with Gasteiger partial charge >= 0.3 is 0 Å². The Kier molecular flexibility index (Phi) is 13.6. The third-order valence-corrected chi connectivity index (χ3v) is 9.25. The zero-order valence-electron chi connectivity index (χ0n) is 31.7. The number of aryl methyl sites for hydroxylation is 1. The van der Waals surface area contributed by atoms with E-state index in [1.807, 2.05) is 0 Å². The molecule has 0 fully saturated rings. The second-order valence-corrected chi connectivity index (χ2v) is 13.6. The molecule has 4 aromatic carbocycles. The van der Waals surface area contributed by atoms with Crippen molar-refractivity contribution >= 4 is 51.6 Å². The number of hydrogen-bond donors (Lipinski definition) is 10. The molecular weight excluding hydrogens is 705 g/mol. The standard InChI is InChI=1S/C40H54N16/c41-36(42)51-10-1-15-56-34-22-28(30-18-24(6-11-52-37(43)44)16-25(19-30)7-12-53-38(45)46)2-4-32(34)33-5-3-29(23-35(33)56)31-20-26(8-13-54-39(47)48)17-27(21-31)9-14-55-40(49)50/h2-5,16-23H,1,6-15H2,(H4,41,42,51)(H4,43,44,52)(H4,45,46,53)(H4,47,48,54)(H4,49,50,55). The maximum atomic E-state index is 5.67. The highest BCUT2D eigenvalue weighted by atomic mass is 15.0. The van der Waals surface area contributed by atoms with Gasteiger partial charge in [0.25, 0.3) is 0 Å². The van der Waals surface area contributed by atoms with Crippen LogP contribution in [-0.4, -0.2) is 67.1 Å². The van der Waals surface area contributed by atoms with Crippen LogP contribution in [0.25, 0.3) is 44.1 Å². The van der Waals surface area contributed by atoms with Gasteiger partial charge in [-0.3, -0.25) is 25.0 Å². The van der Waals surface area contributed by atoms with Gasteiger partial charge in [-0.05, 0) is 88.7 Å². The number of nitrogens with zero attached hydrogens (tertiary/aromatic N) is 6. The molecule has 0 aliphatic rings. The molecule has 16 nitrogen and oxygen atoms in total. The lowest BCUT2D eigenvalue weighted by Crippen LogP contribution is -2.23. The van der Waals surface area contributed by atoms with E-state index in [0.29, 0.717) is 65.0 Å². The molecule has 0 radical (unpaired) electrons. The highest BCUT2D eigenvalue weighted by Crippen LogP contribution is 2.36. The van der Waals surface area contributed by atoms with Gasteiger partial charge in [0.15, 0.2) is 29.8 Å². The molecule has 1 aromatic heterocycles. The van der Waals surface area contributed by atoms with Gasteiger partial charge in [-0.1, -0.05) is 60.7 Å². The first-order valence-electron chi connectivity index (χ1n) is 18.5. The predicted molar refractivity (Wildman–Crippen MR) is 233 cm³/mol. The summed E-state index contributed by atoms with van der Waals surface area (Å²) >= 11 is 0. The monoisotopic (exact) mass is 758 g/mol. The molecule has 1 heterocycles. The summed E-state index contributed by atoms with van der Waals surface area (Å²) in [5.41, 5.74) is 67.1. The normalized spacial score (nSPS) is 10.9. The topological polar surface area (TPSA) is 327 Å². The quantitative estimate of drug-likeness (QED) is 0.0344. The largest absolute Gasteiger partial charge is 0.370 e. The van der Waals surface area contributed by atoms with Gasteiger partial charge in [-0.25, -0.2) is 0 Å². The molecular formula is C40H54N16. The molecule has 5 rings (SSSR count). The first kappa shape index (κ1) is 40.2. The SMILES string of the molecule is NC(N)=NCCCn1c2cc(-c3cc(CCN=C(N)N)cc(CCN=C(N)N)c3)ccc2c2ccc(-c3cc(CCN=C(N)N)cc(CCN=C(N)N)c3)cc21. The van der Waals surface area contributed by atoms with Crippen LogP contribution in [0.3, 0.4) is 0 Å². The minimum Gasteiger partial charge on any atom is -0.370 e. The van der Waals surface area contributed by atoms with Crippen molar-refractivity contribution in [2.75, 3.05) is 32.7 Å². The number of aliphatic imine (C=N–C) groups is 5. The van der Waals surface area contributed by atoms with Crippen LogP contribution < -0.4 is 57.3 Å². The molecule has 16 heteroatoms. The highest BCUT2D eigenvalue weighted by molar-refractivity contribution is 6.10. The first-order valence-corrected chi connectivity index (χ1v) is 18.5. The molecule has 0 spiro atoms. The molecule has 0 bridgehead atoms. The fourth-order valence-corrected chi connectivity index (χ4v) is 6.82. The van der Waals surface area contributed by atoms with E-state index >= 15 is 0 Å². The molecule has 5 aromatic rings. The molecule has 56 heavy (non-hydrogen) atoms. The van der Waals surface area contributed by atoms with E-state index in [-0.39, 0.29) is 29.8 Å². The first-order chi connectivity index (χ1) is 26.9. The van der Waals surface area contributed by atoms with E-state index in [0.717, 1.165) is 72.7 Å². The molecule has 0 unspecified atom stereocenters. The number of guanidine groups is 5. The zero-order chi connectivity index (χ0) is 40.2. The van der Waals surface area contributed by atoms with Crippen molar-refractivity contribution in [1.29, 1.82) is 0 Å². The summed E-state index contributed by atoms with van der Waals surface area (Å²) in [5.74, 6) is 0.328. The van der Waals surface area contributed by atoms with Crippen LogP contribution in [0.15, 0.2) is 97.8 Å². The van der Waals surface area contributed by atoms with Gasteiger partial charge in [0.05, 0.1) is 0 Å². The predicted octanol–water partition coefficient (Wildman–Crippen LogP) is 1.06. The van der Waals surface area contributed by atoms with Crippen molar-refractivity contribution in [3.63, 3.8) is 0 Å². The van der Waals surface area contributed by atoms with E-state index in [1.54, 1.807) is 0 Å². The fraction of sp³-hybridized carbons (Fsp3) is 0.275. The molecule has 294 valence electrons. The Morgan fingerprint density at radius 1 is 0.375 bits per heavy atom. The summed E-state index contributed by atoms with van der Waals surface area (Å²) < 4.78 is 2.35. The highest BCUT2D eigenvalue weighted by Gasteiger charge is 2.15. The molecule has 0 saturated heterocycles. The van der Waals surface area contributed by atoms with Gasteiger partial charge in [-0.2, -0.15) is 0 Å². The fourth-order valence-electron chi connectivity index (χ4n) is 6.82. The van der Waals surface area contributed by atoms with Crippen molar-refractivity contribution in [1.82, 2.24) is 4.57 Å². The summed E-state index contributed by atoms with van der Waals surface area (Å²) in [6, 6.07) is 26.2. The van der Waals surface area contributed by atoms with Crippen molar-refractivity contribution in [3.8, 4) is 22.3 Å². The summed E-state index contributed by atoms with van der Waals surface area (Å²) in [6.45, 7) is 3.08. The Hall–Kier alpha value is -6.97. The number of fused-ring (bicyclic) bond motifs is 3. The van der Waals surface area contributed by atoms with Crippen LogP contribution in [-0.2, 0) is 32.2 Å². The van der Waals surface area contributed by atoms with Crippen molar-refractivity contribution in [3.05, 3.63) is 95.1 Å². The lowest BCUT2D eigenvalue weighted by atomic mass is 9.95. The van der Waals surface area contributed by atoms with Crippen molar-refractivity contribution in [2.45, 2.75) is 38.6 Å². The summed E-state index contributed by atoms with van der Waals surface area (Å²) in [5, 5.41) is 2.27. The lowest BCUT2D eigenvalue weighted by molar-refractivity contribution is 0.687.